The summed E-state index contributed by atoms with van der Waals surface area (Å²) in [5, 5.41) is 0. The SMILES string of the molecule is Cl.Cl.NCCCCCCC(=O)N1CCN(Cc2nccn2C(F)F)CC1. The number of unbranched alkanes of at least 4 members (excludes halogenated alkanes) is 3. The summed E-state index contributed by atoms with van der Waals surface area (Å²) in [6.45, 7) is 1.21. The molecule has 0 atom stereocenters. The number of aromatic nitrogens is 2. The summed E-state index contributed by atoms with van der Waals surface area (Å²) in [6, 6.07) is 0. The Morgan fingerprint density at radius 3 is 2.38 bits per heavy atom. The third-order valence-electron chi connectivity index (χ3n) is 4.39. The normalized spacial score (nSPS) is 14.8. The zero-order chi connectivity index (χ0) is 17.4. The minimum atomic E-state index is -2.57. The van der Waals surface area contributed by atoms with E-state index in [4.69, 9.17) is 5.73 Å². The Balaban J connectivity index is 0.00000312. The van der Waals surface area contributed by atoms with Crippen molar-refractivity contribution in [3.63, 3.8) is 0 Å². The quantitative estimate of drug-likeness (QED) is 0.629. The van der Waals surface area contributed by atoms with Crippen LogP contribution in [0.4, 0.5) is 8.78 Å². The molecule has 0 bridgehead atoms. The summed E-state index contributed by atoms with van der Waals surface area (Å²) in [7, 11) is 0. The number of nitrogens with zero attached hydrogens (tertiary/aromatic N) is 4. The Bertz CT molecular complexity index is 511. The molecule has 10 heteroatoms. The number of imidazole rings is 1. The molecule has 1 aromatic rings. The van der Waals surface area contributed by atoms with Crippen molar-refractivity contribution < 1.29 is 13.6 Å². The summed E-state index contributed by atoms with van der Waals surface area (Å²) in [5.41, 5.74) is 5.45. The van der Waals surface area contributed by atoms with Gasteiger partial charge in [-0.1, -0.05) is 12.8 Å². The second-order valence-corrected chi connectivity index (χ2v) is 6.14. The Morgan fingerprint density at radius 1 is 1.12 bits per heavy atom. The highest BCUT2D eigenvalue weighted by atomic mass is 35.5. The molecule has 26 heavy (non-hydrogen) atoms. The second-order valence-electron chi connectivity index (χ2n) is 6.14. The molecular weight excluding hydrogens is 387 g/mol. The van der Waals surface area contributed by atoms with Gasteiger partial charge in [-0.05, 0) is 19.4 Å². The maximum atomic E-state index is 12.8. The third-order valence-corrected chi connectivity index (χ3v) is 4.39. The van der Waals surface area contributed by atoms with Crippen LogP contribution in [-0.4, -0.2) is 58.0 Å². The average Bonchev–Trinajstić information content (AvgIpc) is 3.03. The highest BCUT2D eigenvalue weighted by molar-refractivity contribution is 5.85. The van der Waals surface area contributed by atoms with Crippen LogP contribution >= 0.6 is 24.8 Å². The topological polar surface area (TPSA) is 67.4 Å². The Morgan fingerprint density at radius 2 is 1.77 bits per heavy atom. The maximum absolute atomic E-state index is 12.8. The molecule has 2 N–H and O–H groups in total. The first-order valence-corrected chi connectivity index (χ1v) is 8.62. The predicted molar refractivity (Wildman–Crippen MR) is 102 cm³/mol. The van der Waals surface area contributed by atoms with Gasteiger partial charge in [0.05, 0.1) is 6.54 Å². The summed E-state index contributed by atoms with van der Waals surface area (Å²) in [5.74, 6) is 0.557. The monoisotopic (exact) mass is 415 g/mol. The van der Waals surface area contributed by atoms with Gasteiger partial charge >= 0.3 is 6.55 Å². The Kier molecular flexibility index (Phi) is 12.8. The molecule has 0 aliphatic carbocycles. The summed E-state index contributed by atoms with van der Waals surface area (Å²) >= 11 is 0. The number of alkyl halides is 2. The predicted octanol–water partition coefficient (Wildman–Crippen LogP) is 2.68. The van der Waals surface area contributed by atoms with E-state index in [9.17, 15) is 13.6 Å². The van der Waals surface area contributed by atoms with Gasteiger partial charge in [0.1, 0.15) is 5.82 Å². The number of hydrogen-bond donors (Lipinski definition) is 1. The summed E-state index contributed by atoms with van der Waals surface area (Å²) in [4.78, 5) is 20.1. The van der Waals surface area contributed by atoms with E-state index >= 15 is 0 Å². The number of halogens is 4. The lowest BCUT2D eigenvalue weighted by Crippen LogP contribution is -2.48. The van der Waals surface area contributed by atoms with Crippen molar-refractivity contribution in [1.29, 1.82) is 0 Å². The molecule has 1 aliphatic rings. The van der Waals surface area contributed by atoms with E-state index in [1.165, 1.54) is 12.4 Å². The van der Waals surface area contributed by atoms with Crippen molar-refractivity contribution in [3.05, 3.63) is 18.2 Å². The molecule has 0 saturated carbocycles. The molecule has 2 rings (SSSR count). The van der Waals surface area contributed by atoms with Crippen molar-refractivity contribution in [3.8, 4) is 0 Å². The van der Waals surface area contributed by atoms with Gasteiger partial charge in [0, 0.05) is 45.0 Å². The van der Waals surface area contributed by atoms with Crippen molar-refractivity contribution >= 4 is 30.7 Å². The highest BCUT2D eigenvalue weighted by Gasteiger charge is 2.22. The second kappa shape index (κ2) is 13.2. The lowest BCUT2D eigenvalue weighted by atomic mass is 10.1. The van der Waals surface area contributed by atoms with E-state index in [1.54, 1.807) is 0 Å². The fraction of sp³-hybridized carbons (Fsp3) is 0.750. The zero-order valence-electron chi connectivity index (χ0n) is 14.9. The van der Waals surface area contributed by atoms with E-state index in [2.05, 4.69) is 9.88 Å². The number of hydrogen-bond acceptors (Lipinski definition) is 4. The van der Waals surface area contributed by atoms with Gasteiger partial charge in [-0.25, -0.2) is 4.98 Å². The minimum absolute atomic E-state index is 0. The van der Waals surface area contributed by atoms with Crippen LogP contribution in [0, 0.1) is 0 Å². The van der Waals surface area contributed by atoms with Crippen LogP contribution in [0.2, 0.25) is 0 Å². The van der Waals surface area contributed by atoms with Gasteiger partial charge in [0.15, 0.2) is 0 Å². The average molecular weight is 416 g/mol. The van der Waals surface area contributed by atoms with Gasteiger partial charge in [-0.2, -0.15) is 8.78 Å². The van der Waals surface area contributed by atoms with Gasteiger partial charge in [-0.15, -0.1) is 24.8 Å². The fourth-order valence-corrected chi connectivity index (χ4v) is 2.93. The molecule has 6 nitrogen and oxygen atoms in total. The van der Waals surface area contributed by atoms with Gasteiger partial charge in [-0.3, -0.25) is 14.3 Å². The van der Waals surface area contributed by atoms with E-state index in [-0.39, 0.29) is 30.7 Å². The first kappa shape index (κ1) is 25.0. The molecule has 0 spiro atoms. The first-order valence-electron chi connectivity index (χ1n) is 8.62. The molecule has 0 aromatic carbocycles. The highest BCUT2D eigenvalue weighted by Crippen LogP contribution is 2.15. The van der Waals surface area contributed by atoms with Crippen LogP contribution in [0.1, 0.15) is 44.5 Å². The van der Waals surface area contributed by atoms with Crippen molar-refractivity contribution in [2.75, 3.05) is 32.7 Å². The van der Waals surface area contributed by atoms with Crippen molar-refractivity contribution in [2.24, 2.45) is 5.73 Å². The van der Waals surface area contributed by atoms with Crippen LogP contribution in [0.3, 0.4) is 0 Å². The molecule has 1 saturated heterocycles. The van der Waals surface area contributed by atoms with Crippen LogP contribution in [-0.2, 0) is 11.3 Å². The molecule has 1 fully saturated rings. The minimum Gasteiger partial charge on any atom is -0.340 e. The van der Waals surface area contributed by atoms with E-state index in [0.29, 0.717) is 51.5 Å². The van der Waals surface area contributed by atoms with E-state index in [0.717, 1.165) is 30.3 Å². The molecule has 2 heterocycles. The van der Waals surface area contributed by atoms with Crippen molar-refractivity contribution in [1.82, 2.24) is 19.4 Å². The number of amides is 1. The fourth-order valence-electron chi connectivity index (χ4n) is 2.93. The molecular formula is C16H29Cl2F2N5O. The summed E-state index contributed by atoms with van der Waals surface area (Å²) in [6.07, 6.45) is 7.32. The van der Waals surface area contributed by atoms with Gasteiger partial charge in [0.2, 0.25) is 5.91 Å². The molecule has 0 unspecified atom stereocenters. The van der Waals surface area contributed by atoms with Gasteiger partial charge < -0.3 is 10.6 Å². The van der Waals surface area contributed by atoms with E-state index in [1.807, 2.05) is 4.90 Å². The maximum Gasteiger partial charge on any atom is 0.319 e. The lowest BCUT2D eigenvalue weighted by Gasteiger charge is -2.34. The van der Waals surface area contributed by atoms with Crippen LogP contribution in [0.5, 0.6) is 0 Å². The number of carbonyl (C=O) groups is 1. The molecule has 1 aromatic heterocycles. The summed E-state index contributed by atoms with van der Waals surface area (Å²) < 4.78 is 26.5. The number of carbonyl (C=O) groups excluding carboxylic acids is 1. The lowest BCUT2D eigenvalue weighted by molar-refractivity contribution is -0.133. The van der Waals surface area contributed by atoms with Crippen LogP contribution in [0.15, 0.2) is 12.4 Å². The van der Waals surface area contributed by atoms with Gasteiger partial charge in [0.25, 0.3) is 0 Å². The van der Waals surface area contributed by atoms with Crippen LogP contribution < -0.4 is 5.73 Å². The van der Waals surface area contributed by atoms with Crippen molar-refractivity contribution in [2.45, 2.75) is 45.2 Å². The Labute approximate surface area is 165 Å². The third kappa shape index (κ3) is 7.73. The molecule has 0 radical (unpaired) electrons. The Hall–Kier alpha value is -0.960. The molecule has 1 aliphatic heterocycles. The number of nitrogens with two attached hydrogens (primary N) is 1. The standard InChI is InChI=1S/C16H27F2N5O.2ClH/c17-16(18)23-8-7-20-14(23)13-21-9-11-22(12-10-21)15(24)5-3-1-2-4-6-19;;/h7-8,16H,1-6,9-13,19H2;2*1H. The molecule has 1 amide bonds. The number of piperazine rings is 1. The first-order chi connectivity index (χ1) is 11.6. The molecule has 152 valence electrons. The zero-order valence-corrected chi connectivity index (χ0v) is 16.5. The largest absolute Gasteiger partial charge is 0.340 e. The number of rotatable bonds is 9. The van der Waals surface area contributed by atoms with E-state index < -0.39 is 6.55 Å². The van der Waals surface area contributed by atoms with Crippen LogP contribution in [0.25, 0.3) is 0 Å². The smallest absolute Gasteiger partial charge is 0.319 e.